The Kier molecular flexibility index (Phi) is 2.77. The minimum Gasteiger partial charge on any atom is -0.334 e. The minimum atomic E-state index is 0.521. The molecular weight excluding hydrogens is 194 g/mol. The van der Waals surface area contributed by atoms with Crippen LogP contribution >= 0.6 is 0 Å². The van der Waals surface area contributed by atoms with Crippen LogP contribution in [0.3, 0.4) is 0 Å². The van der Waals surface area contributed by atoms with E-state index in [9.17, 15) is 0 Å². The molecule has 2 aromatic heterocycles. The first kappa shape index (κ1) is 9.85. The van der Waals surface area contributed by atoms with Crippen LogP contribution in [0.4, 0.5) is 0 Å². The molecule has 2 aromatic rings. The van der Waals surface area contributed by atoms with Crippen LogP contribution in [-0.2, 0) is 6.42 Å². The molecule has 0 spiro atoms. The highest BCUT2D eigenvalue weighted by Crippen LogP contribution is 2.18. The van der Waals surface area contributed by atoms with E-state index >= 15 is 0 Å². The second-order valence-electron chi connectivity index (χ2n) is 3.28. The molecule has 0 atom stereocenters. The van der Waals surface area contributed by atoms with Gasteiger partial charge in [-0.15, -0.1) is 0 Å². The summed E-state index contributed by atoms with van der Waals surface area (Å²) in [5, 5.41) is 13.6. The van der Waals surface area contributed by atoms with Gasteiger partial charge in [-0.2, -0.15) is 10.1 Å². The number of aromatic amines is 1. The van der Waals surface area contributed by atoms with E-state index in [1.54, 1.807) is 6.20 Å². The van der Waals surface area contributed by atoms with E-state index in [0.717, 1.165) is 24.2 Å². The summed E-state index contributed by atoms with van der Waals surface area (Å²) in [7, 11) is 1.89. The fourth-order valence-electron chi connectivity index (χ4n) is 1.27. The SMILES string of the molecule is CNCCc1noc(-c2cn[nH]c2C)n1. The Hall–Kier alpha value is -1.69. The molecule has 0 aliphatic heterocycles. The standard InChI is InChI=1S/C9H13N5O/c1-6-7(5-11-13-6)9-12-8(14-15-9)3-4-10-2/h5,10H,3-4H2,1-2H3,(H,11,13). The monoisotopic (exact) mass is 207 g/mol. The minimum absolute atomic E-state index is 0.521. The van der Waals surface area contributed by atoms with Crippen molar-refractivity contribution >= 4 is 0 Å². The first-order valence-corrected chi connectivity index (χ1v) is 4.79. The Labute approximate surface area is 87.1 Å². The lowest BCUT2D eigenvalue weighted by Gasteiger charge is -1.90. The lowest BCUT2D eigenvalue weighted by molar-refractivity contribution is 0.422. The fourth-order valence-corrected chi connectivity index (χ4v) is 1.27. The Bertz CT molecular complexity index is 433. The number of nitrogens with zero attached hydrogens (tertiary/aromatic N) is 3. The van der Waals surface area contributed by atoms with Crippen molar-refractivity contribution in [3.8, 4) is 11.5 Å². The van der Waals surface area contributed by atoms with Crippen LogP contribution in [-0.4, -0.2) is 33.9 Å². The van der Waals surface area contributed by atoms with E-state index in [1.165, 1.54) is 0 Å². The summed E-state index contributed by atoms with van der Waals surface area (Å²) >= 11 is 0. The van der Waals surface area contributed by atoms with Crippen molar-refractivity contribution in [3.05, 3.63) is 17.7 Å². The predicted molar refractivity (Wildman–Crippen MR) is 54.2 cm³/mol. The third kappa shape index (κ3) is 2.04. The smallest absolute Gasteiger partial charge is 0.261 e. The summed E-state index contributed by atoms with van der Waals surface area (Å²) in [6.45, 7) is 2.75. The highest BCUT2D eigenvalue weighted by atomic mass is 16.5. The molecule has 0 unspecified atom stereocenters. The molecule has 0 radical (unpaired) electrons. The van der Waals surface area contributed by atoms with Gasteiger partial charge in [-0.25, -0.2) is 0 Å². The average molecular weight is 207 g/mol. The number of hydrogen-bond donors (Lipinski definition) is 2. The number of likely N-dealkylation sites (N-methyl/N-ethyl adjacent to an activating group) is 1. The Balaban J connectivity index is 2.17. The van der Waals surface area contributed by atoms with Gasteiger partial charge < -0.3 is 9.84 Å². The van der Waals surface area contributed by atoms with Gasteiger partial charge in [0.05, 0.1) is 11.8 Å². The number of hydrogen-bond acceptors (Lipinski definition) is 5. The van der Waals surface area contributed by atoms with E-state index < -0.39 is 0 Å². The summed E-state index contributed by atoms with van der Waals surface area (Å²) in [4.78, 5) is 4.27. The number of H-pyrrole nitrogens is 1. The van der Waals surface area contributed by atoms with E-state index in [2.05, 4.69) is 25.7 Å². The molecule has 0 aliphatic rings. The number of aromatic nitrogens is 4. The first-order chi connectivity index (χ1) is 7.31. The average Bonchev–Trinajstić information content (AvgIpc) is 2.83. The summed E-state index contributed by atoms with van der Waals surface area (Å²) in [5.41, 5.74) is 1.79. The van der Waals surface area contributed by atoms with Crippen LogP contribution in [0.25, 0.3) is 11.5 Å². The van der Waals surface area contributed by atoms with Crippen molar-refractivity contribution in [2.75, 3.05) is 13.6 Å². The normalized spacial score (nSPS) is 10.8. The summed E-state index contributed by atoms with van der Waals surface area (Å²) in [6.07, 6.45) is 2.45. The zero-order valence-corrected chi connectivity index (χ0v) is 8.74. The molecule has 0 saturated heterocycles. The van der Waals surface area contributed by atoms with Gasteiger partial charge in [0.15, 0.2) is 5.82 Å². The van der Waals surface area contributed by atoms with Gasteiger partial charge in [-0.3, -0.25) is 5.10 Å². The maximum atomic E-state index is 5.14. The number of nitrogens with one attached hydrogen (secondary N) is 2. The van der Waals surface area contributed by atoms with E-state index in [4.69, 9.17) is 4.52 Å². The molecule has 0 aromatic carbocycles. The molecule has 80 valence electrons. The molecule has 2 rings (SSSR count). The van der Waals surface area contributed by atoms with Gasteiger partial charge in [-0.05, 0) is 14.0 Å². The van der Waals surface area contributed by atoms with Gasteiger partial charge in [0.1, 0.15) is 0 Å². The Morgan fingerprint density at radius 2 is 2.40 bits per heavy atom. The molecule has 6 heteroatoms. The van der Waals surface area contributed by atoms with Gasteiger partial charge >= 0.3 is 0 Å². The van der Waals surface area contributed by atoms with Crippen LogP contribution in [0.15, 0.2) is 10.7 Å². The summed E-state index contributed by atoms with van der Waals surface area (Å²) < 4.78 is 5.14. The van der Waals surface area contributed by atoms with Gasteiger partial charge in [-0.1, -0.05) is 5.16 Å². The molecule has 0 bridgehead atoms. The van der Waals surface area contributed by atoms with Crippen molar-refractivity contribution in [1.29, 1.82) is 0 Å². The van der Waals surface area contributed by atoms with Crippen molar-refractivity contribution in [2.45, 2.75) is 13.3 Å². The van der Waals surface area contributed by atoms with Crippen molar-refractivity contribution in [1.82, 2.24) is 25.7 Å². The molecule has 0 aliphatic carbocycles. The van der Waals surface area contributed by atoms with Gasteiger partial charge in [0.25, 0.3) is 5.89 Å². The maximum absolute atomic E-state index is 5.14. The molecule has 2 heterocycles. The first-order valence-electron chi connectivity index (χ1n) is 4.79. The third-order valence-electron chi connectivity index (χ3n) is 2.13. The summed E-state index contributed by atoms with van der Waals surface area (Å²) in [5.74, 6) is 1.23. The Morgan fingerprint density at radius 3 is 3.07 bits per heavy atom. The number of aryl methyl sites for hydroxylation is 1. The zero-order chi connectivity index (χ0) is 10.7. The van der Waals surface area contributed by atoms with Crippen molar-refractivity contribution in [3.63, 3.8) is 0 Å². The quantitative estimate of drug-likeness (QED) is 0.764. The third-order valence-corrected chi connectivity index (χ3v) is 2.13. The highest BCUT2D eigenvalue weighted by Gasteiger charge is 2.11. The molecule has 15 heavy (non-hydrogen) atoms. The van der Waals surface area contributed by atoms with Crippen LogP contribution < -0.4 is 5.32 Å². The highest BCUT2D eigenvalue weighted by molar-refractivity contribution is 5.54. The Morgan fingerprint density at radius 1 is 1.53 bits per heavy atom. The molecular formula is C9H13N5O. The molecule has 2 N–H and O–H groups in total. The second kappa shape index (κ2) is 4.22. The fraction of sp³-hybridized carbons (Fsp3) is 0.444. The van der Waals surface area contributed by atoms with Crippen LogP contribution in [0.5, 0.6) is 0 Å². The second-order valence-corrected chi connectivity index (χ2v) is 3.28. The number of rotatable bonds is 4. The lowest BCUT2D eigenvalue weighted by atomic mass is 10.3. The topological polar surface area (TPSA) is 79.6 Å². The predicted octanol–water partition coefficient (Wildman–Crippen LogP) is 0.530. The summed E-state index contributed by atoms with van der Waals surface area (Å²) in [6, 6.07) is 0. The zero-order valence-electron chi connectivity index (χ0n) is 8.74. The van der Waals surface area contributed by atoms with Crippen molar-refractivity contribution in [2.24, 2.45) is 0 Å². The van der Waals surface area contributed by atoms with Crippen LogP contribution in [0, 0.1) is 6.92 Å². The van der Waals surface area contributed by atoms with Crippen molar-refractivity contribution < 1.29 is 4.52 Å². The molecule has 0 fully saturated rings. The largest absolute Gasteiger partial charge is 0.334 e. The molecule has 0 amide bonds. The van der Waals surface area contributed by atoms with Crippen LogP contribution in [0.2, 0.25) is 0 Å². The lowest BCUT2D eigenvalue weighted by Crippen LogP contribution is -2.10. The van der Waals surface area contributed by atoms with E-state index in [0.29, 0.717) is 11.7 Å². The van der Waals surface area contributed by atoms with E-state index in [1.807, 2.05) is 14.0 Å². The van der Waals surface area contributed by atoms with Gasteiger partial charge in [0.2, 0.25) is 0 Å². The van der Waals surface area contributed by atoms with Gasteiger partial charge in [0, 0.05) is 18.7 Å². The molecule has 6 nitrogen and oxygen atoms in total. The molecule has 0 saturated carbocycles. The van der Waals surface area contributed by atoms with E-state index in [-0.39, 0.29) is 0 Å². The van der Waals surface area contributed by atoms with Crippen LogP contribution in [0.1, 0.15) is 11.5 Å². The maximum Gasteiger partial charge on any atom is 0.261 e.